The molecule has 2 aromatic carbocycles. The molecular formula is C20H15NO2. The molecule has 0 atom stereocenters. The van der Waals surface area contributed by atoms with Crippen LogP contribution in [0.5, 0.6) is 0 Å². The van der Waals surface area contributed by atoms with Crippen LogP contribution in [-0.2, 0) is 0 Å². The summed E-state index contributed by atoms with van der Waals surface area (Å²) in [4.78, 5) is 11.5. The van der Waals surface area contributed by atoms with E-state index in [-0.39, 0.29) is 5.56 Å². The number of carboxylic acid groups (broad SMARTS) is 1. The maximum Gasteiger partial charge on any atom is 0.337 e. The minimum absolute atomic E-state index is 0.233. The normalized spacial score (nSPS) is 9.96. The highest BCUT2D eigenvalue weighted by Gasteiger charge is 2.14. The van der Waals surface area contributed by atoms with E-state index in [1.807, 2.05) is 61.8 Å². The van der Waals surface area contributed by atoms with Crippen LogP contribution in [0.4, 0.5) is 0 Å². The van der Waals surface area contributed by atoms with Gasteiger partial charge >= 0.3 is 5.97 Å². The van der Waals surface area contributed by atoms with Gasteiger partial charge in [-0.2, -0.15) is 0 Å². The summed E-state index contributed by atoms with van der Waals surface area (Å²) in [5.41, 5.74) is 3.58. The second-order valence-corrected chi connectivity index (χ2v) is 5.21. The molecule has 0 amide bonds. The van der Waals surface area contributed by atoms with Crippen LogP contribution < -0.4 is 0 Å². The molecule has 0 unspecified atom stereocenters. The Labute approximate surface area is 134 Å². The molecule has 3 rings (SSSR count). The first-order valence-electron chi connectivity index (χ1n) is 7.23. The van der Waals surface area contributed by atoms with Crippen molar-refractivity contribution >= 4 is 5.97 Å². The van der Waals surface area contributed by atoms with Crippen LogP contribution in [0.15, 0.2) is 67.0 Å². The Morgan fingerprint density at radius 2 is 1.65 bits per heavy atom. The zero-order valence-corrected chi connectivity index (χ0v) is 12.7. The molecule has 0 aliphatic carbocycles. The summed E-state index contributed by atoms with van der Waals surface area (Å²) in [5, 5.41) is 9.44. The topological polar surface area (TPSA) is 42.2 Å². The molecule has 3 heteroatoms. The Morgan fingerprint density at radius 1 is 0.957 bits per heavy atom. The third-order valence-corrected chi connectivity index (χ3v) is 3.52. The summed E-state index contributed by atoms with van der Waals surface area (Å²) in [7, 11) is 0. The van der Waals surface area contributed by atoms with E-state index in [9.17, 15) is 9.90 Å². The van der Waals surface area contributed by atoms with E-state index in [2.05, 4.69) is 11.8 Å². The first-order chi connectivity index (χ1) is 11.1. The molecular weight excluding hydrogens is 286 g/mol. The molecule has 112 valence electrons. The lowest BCUT2D eigenvalue weighted by molar-refractivity contribution is 0.0697. The van der Waals surface area contributed by atoms with Gasteiger partial charge in [-0.15, -0.1) is 0 Å². The van der Waals surface area contributed by atoms with E-state index in [0.717, 1.165) is 5.56 Å². The maximum absolute atomic E-state index is 11.5. The number of benzene rings is 2. The van der Waals surface area contributed by atoms with Crippen LogP contribution in [-0.4, -0.2) is 15.6 Å². The molecule has 0 spiro atoms. The zero-order valence-electron chi connectivity index (χ0n) is 12.7. The smallest absolute Gasteiger partial charge is 0.337 e. The van der Waals surface area contributed by atoms with E-state index >= 15 is 0 Å². The number of carboxylic acids is 1. The lowest BCUT2D eigenvalue weighted by Crippen LogP contribution is -2.06. The standard InChI is InChI=1S/C20H15NO2/c1-15-7-9-16(10-8-15)11-12-17-5-4-6-18(20(22)23)19(17)21-13-2-3-14-21/h2-10,13-14H,1H3,(H,22,23). The molecule has 3 nitrogen and oxygen atoms in total. The van der Waals surface area contributed by atoms with Crippen LogP contribution in [0.2, 0.25) is 0 Å². The number of nitrogens with zero attached hydrogens (tertiary/aromatic N) is 1. The van der Waals surface area contributed by atoms with E-state index < -0.39 is 5.97 Å². The number of carbonyl (C=O) groups is 1. The average Bonchev–Trinajstić information content (AvgIpc) is 3.08. The molecule has 0 saturated heterocycles. The van der Waals surface area contributed by atoms with Crippen molar-refractivity contribution in [2.45, 2.75) is 6.92 Å². The molecule has 0 saturated carbocycles. The van der Waals surface area contributed by atoms with E-state index in [4.69, 9.17) is 0 Å². The van der Waals surface area contributed by atoms with Gasteiger partial charge in [0, 0.05) is 23.5 Å². The van der Waals surface area contributed by atoms with Crippen molar-refractivity contribution in [2.24, 2.45) is 0 Å². The van der Waals surface area contributed by atoms with Gasteiger partial charge in [0.2, 0.25) is 0 Å². The van der Waals surface area contributed by atoms with Gasteiger partial charge in [0.1, 0.15) is 0 Å². The number of aryl methyl sites for hydroxylation is 1. The predicted octanol–water partition coefficient (Wildman–Crippen LogP) is 3.88. The third kappa shape index (κ3) is 3.17. The number of rotatable bonds is 2. The number of aromatic carboxylic acids is 1. The minimum Gasteiger partial charge on any atom is -0.478 e. The maximum atomic E-state index is 11.5. The summed E-state index contributed by atoms with van der Waals surface area (Å²) < 4.78 is 1.78. The van der Waals surface area contributed by atoms with Gasteiger partial charge in [-0.05, 0) is 43.3 Å². The fraction of sp³-hybridized carbons (Fsp3) is 0.0500. The van der Waals surface area contributed by atoms with Crippen LogP contribution >= 0.6 is 0 Å². The quantitative estimate of drug-likeness (QED) is 0.730. The second kappa shape index (κ2) is 6.25. The van der Waals surface area contributed by atoms with Gasteiger partial charge < -0.3 is 9.67 Å². The summed E-state index contributed by atoms with van der Waals surface area (Å²) >= 11 is 0. The number of hydrogen-bond acceptors (Lipinski definition) is 1. The molecule has 1 aromatic heterocycles. The van der Waals surface area contributed by atoms with Gasteiger partial charge in [0.05, 0.1) is 11.3 Å². The van der Waals surface area contributed by atoms with E-state index in [1.54, 1.807) is 16.7 Å². The van der Waals surface area contributed by atoms with E-state index in [0.29, 0.717) is 11.3 Å². The molecule has 0 aliphatic rings. The van der Waals surface area contributed by atoms with Crippen LogP contribution in [0.1, 0.15) is 27.0 Å². The van der Waals surface area contributed by atoms with Crippen molar-refractivity contribution in [2.75, 3.05) is 0 Å². The Bertz CT molecular complexity index is 895. The van der Waals surface area contributed by atoms with Gasteiger partial charge in [-0.1, -0.05) is 35.6 Å². The first kappa shape index (κ1) is 14.7. The Kier molecular flexibility index (Phi) is 3.99. The van der Waals surface area contributed by atoms with Gasteiger partial charge in [-0.25, -0.2) is 4.79 Å². The third-order valence-electron chi connectivity index (χ3n) is 3.52. The van der Waals surface area contributed by atoms with Gasteiger partial charge in [-0.3, -0.25) is 0 Å². The van der Waals surface area contributed by atoms with Crippen molar-refractivity contribution in [1.82, 2.24) is 4.57 Å². The van der Waals surface area contributed by atoms with Crippen LogP contribution in [0.25, 0.3) is 5.69 Å². The van der Waals surface area contributed by atoms with Gasteiger partial charge in [0.25, 0.3) is 0 Å². The highest BCUT2D eigenvalue weighted by atomic mass is 16.4. The summed E-state index contributed by atoms with van der Waals surface area (Å²) in [5.74, 6) is 5.23. The Morgan fingerprint density at radius 3 is 2.30 bits per heavy atom. The highest BCUT2D eigenvalue weighted by Crippen LogP contribution is 2.20. The summed E-state index contributed by atoms with van der Waals surface area (Å²) in [6, 6.07) is 16.8. The molecule has 1 N–H and O–H groups in total. The van der Waals surface area contributed by atoms with Crippen molar-refractivity contribution in [1.29, 1.82) is 0 Å². The number of aromatic nitrogens is 1. The first-order valence-corrected chi connectivity index (χ1v) is 7.23. The molecule has 0 bridgehead atoms. The van der Waals surface area contributed by atoms with E-state index in [1.165, 1.54) is 5.56 Å². The molecule has 0 radical (unpaired) electrons. The molecule has 3 aromatic rings. The minimum atomic E-state index is -0.965. The van der Waals surface area contributed by atoms with Gasteiger partial charge in [0.15, 0.2) is 0 Å². The number of hydrogen-bond donors (Lipinski definition) is 1. The monoisotopic (exact) mass is 301 g/mol. The molecule has 23 heavy (non-hydrogen) atoms. The summed E-state index contributed by atoms with van der Waals surface area (Å²) in [6.07, 6.45) is 3.64. The second-order valence-electron chi connectivity index (χ2n) is 5.21. The highest BCUT2D eigenvalue weighted by molar-refractivity contribution is 5.93. The average molecular weight is 301 g/mol. The van der Waals surface area contributed by atoms with Crippen molar-refractivity contribution in [3.8, 4) is 17.5 Å². The SMILES string of the molecule is Cc1ccc(C#Cc2cccc(C(=O)O)c2-n2cccc2)cc1. The Hall–Kier alpha value is -3.25. The van der Waals surface area contributed by atoms with Crippen LogP contribution in [0, 0.1) is 18.8 Å². The molecule has 0 fully saturated rings. The molecule has 1 heterocycles. The number of para-hydroxylation sites is 1. The fourth-order valence-electron chi connectivity index (χ4n) is 2.36. The van der Waals surface area contributed by atoms with Crippen LogP contribution in [0.3, 0.4) is 0 Å². The van der Waals surface area contributed by atoms with Crippen molar-refractivity contribution in [3.05, 3.63) is 89.2 Å². The van der Waals surface area contributed by atoms with Crippen molar-refractivity contribution < 1.29 is 9.90 Å². The Balaban J connectivity index is 2.11. The molecule has 0 aliphatic heterocycles. The predicted molar refractivity (Wildman–Crippen MR) is 89.9 cm³/mol. The fourth-order valence-corrected chi connectivity index (χ4v) is 2.36. The summed E-state index contributed by atoms with van der Waals surface area (Å²) in [6.45, 7) is 2.03. The van der Waals surface area contributed by atoms with Crippen molar-refractivity contribution in [3.63, 3.8) is 0 Å². The lowest BCUT2D eigenvalue weighted by atomic mass is 10.1. The lowest BCUT2D eigenvalue weighted by Gasteiger charge is -2.10. The largest absolute Gasteiger partial charge is 0.478 e. The zero-order chi connectivity index (χ0) is 16.2.